The number of hydrogen-bond donors (Lipinski definition) is 4. The second-order valence-corrected chi connectivity index (χ2v) is 5.36. The number of aliphatic imine (C=N–C) groups is 1. The highest BCUT2D eigenvalue weighted by Gasteiger charge is 2.40. The summed E-state index contributed by atoms with van der Waals surface area (Å²) in [4.78, 5) is 15.1. The summed E-state index contributed by atoms with van der Waals surface area (Å²) in [6.07, 6.45) is 5.19. The number of nitrogens with zero attached hydrogens (tertiary/aromatic N) is 1. The molecule has 0 saturated heterocycles. The Labute approximate surface area is 127 Å². The van der Waals surface area contributed by atoms with Crippen molar-refractivity contribution in [2.75, 3.05) is 13.1 Å². The molecule has 1 aliphatic heterocycles. The first-order valence-corrected chi connectivity index (χ1v) is 7.21. The lowest BCUT2D eigenvalue weighted by Gasteiger charge is -2.36. The van der Waals surface area contributed by atoms with Gasteiger partial charge in [-0.25, -0.2) is 9.18 Å². The van der Waals surface area contributed by atoms with Gasteiger partial charge in [-0.15, -0.1) is 0 Å². The van der Waals surface area contributed by atoms with E-state index in [-0.39, 0.29) is 5.57 Å². The summed E-state index contributed by atoms with van der Waals surface area (Å²) in [6, 6.07) is 0. The summed E-state index contributed by atoms with van der Waals surface area (Å²) in [5, 5.41) is 22.1. The topological polar surface area (TPSA) is 108 Å². The lowest BCUT2D eigenvalue weighted by molar-refractivity contribution is -0.132. The van der Waals surface area contributed by atoms with Crippen LogP contribution < -0.4 is 11.1 Å². The number of hydrogen-bond acceptors (Lipinski definition) is 5. The Kier molecular flexibility index (Phi) is 4.77. The summed E-state index contributed by atoms with van der Waals surface area (Å²) in [5.74, 6) is -3.00. The highest BCUT2D eigenvalue weighted by Crippen LogP contribution is 2.39. The van der Waals surface area contributed by atoms with Crippen LogP contribution in [-0.4, -0.2) is 41.0 Å². The van der Waals surface area contributed by atoms with Crippen molar-refractivity contribution in [1.82, 2.24) is 5.32 Å². The molecule has 2 rings (SSSR count). The number of nitrogens with two attached hydrogens (primary N) is 1. The first-order valence-electron chi connectivity index (χ1n) is 7.21. The molecule has 0 aromatic rings. The van der Waals surface area contributed by atoms with Crippen LogP contribution in [0.5, 0.6) is 0 Å². The number of carboxylic acid groups (broad SMARTS) is 1. The van der Waals surface area contributed by atoms with Gasteiger partial charge in [-0.3, -0.25) is 4.99 Å². The Balaban J connectivity index is 2.42. The van der Waals surface area contributed by atoms with E-state index in [2.05, 4.69) is 10.3 Å². The third-order valence-electron chi connectivity index (χ3n) is 3.82. The second-order valence-electron chi connectivity index (χ2n) is 5.36. The average Bonchev–Trinajstić information content (AvgIpc) is 2.47. The standard InChI is InChI=1S/C15H20FN3O3/c1-2-3-15(19-5-4-17)7-11-9(6-12(15)16)13(20)10(8-18-11)14(21)22/h6-9,19-20H,2-5,17H2,1H3,(H,21,22). The van der Waals surface area contributed by atoms with Crippen molar-refractivity contribution in [2.45, 2.75) is 25.3 Å². The minimum absolute atomic E-state index is 0.316. The van der Waals surface area contributed by atoms with E-state index in [0.717, 1.165) is 12.6 Å². The van der Waals surface area contributed by atoms with Gasteiger partial charge in [-0.2, -0.15) is 0 Å². The summed E-state index contributed by atoms with van der Waals surface area (Å²) >= 11 is 0. The minimum atomic E-state index is -1.29. The molecule has 0 amide bonds. The van der Waals surface area contributed by atoms with Crippen LogP contribution in [0.25, 0.3) is 0 Å². The molecule has 7 heteroatoms. The van der Waals surface area contributed by atoms with Gasteiger partial charge in [0.05, 0.1) is 17.2 Å². The van der Waals surface area contributed by atoms with Gasteiger partial charge in [-0.1, -0.05) is 13.3 Å². The first kappa shape index (κ1) is 16.4. The number of aliphatic carboxylic acids is 1. The molecule has 2 atom stereocenters. The van der Waals surface area contributed by atoms with Crippen molar-refractivity contribution >= 4 is 12.2 Å². The number of dihydropyridines is 1. The monoisotopic (exact) mass is 309 g/mol. The molecule has 1 heterocycles. The van der Waals surface area contributed by atoms with Crippen LogP contribution in [0.2, 0.25) is 0 Å². The Morgan fingerprint density at radius 1 is 1.59 bits per heavy atom. The Bertz CT molecular complexity index is 595. The van der Waals surface area contributed by atoms with Gasteiger partial charge >= 0.3 is 5.97 Å². The third kappa shape index (κ3) is 2.82. The fourth-order valence-electron chi connectivity index (χ4n) is 2.77. The minimum Gasteiger partial charge on any atom is -0.510 e. The van der Waals surface area contributed by atoms with Crippen molar-refractivity contribution in [3.05, 3.63) is 35.0 Å². The molecule has 0 saturated carbocycles. The number of aliphatic hydroxyl groups is 1. The fraction of sp³-hybridized carbons (Fsp3) is 0.467. The van der Waals surface area contributed by atoms with Gasteiger partial charge in [0.15, 0.2) is 0 Å². The molecular formula is C15H20FN3O3. The molecular weight excluding hydrogens is 289 g/mol. The van der Waals surface area contributed by atoms with Crippen LogP contribution in [0.1, 0.15) is 19.8 Å². The molecule has 1 aliphatic carbocycles. The molecule has 2 unspecified atom stereocenters. The third-order valence-corrected chi connectivity index (χ3v) is 3.82. The summed E-state index contributed by atoms with van der Waals surface area (Å²) in [7, 11) is 0. The second kappa shape index (κ2) is 6.41. The molecule has 0 bridgehead atoms. The maximum absolute atomic E-state index is 14.7. The Hall–Kier alpha value is -1.99. The first-order chi connectivity index (χ1) is 10.4. The lowest BCUT2D eigenvalue weighted by atomic mass is 9.80. The molecule has 120 valence electrons. The maximum Gasteiger partial charge on any atom is 0.340 e. The number of rotatable bonds is 6. The molecule has 6 nitrogen and oxygen atoms in total. The normalized spacial score (nSPS) is 27.3. The van der Waals surface area contributed by atoms with E-state index < -0.39 is 29.0 Å². The van der Waals surface area contributed by atoms with E-state index in [1.165, 1.54) is 6.08 Å². The van der Waals surface area contributed by atoms with Gasteiger partial charge < -0.3 is 21.3 Å². The largest absolute Gasteiger partial charge is 0.510 e. The van der Waals surface area contributed by atoms with E-state index in [1.54, 1.807) is 6.08 Å². The van der Waals surface area contributed by atoms with Crippen LogP contribution >= 0.6 is 0 Å². The zero-order valence-corrected chi connectivity index (χ0v) is 12.3. The number of nitrogens with one attached hydrogen (secondary N) is 1. The zero-order chi connectivity index (χ0) is 16.3. The summed E-state index contributed by atoms with van der Waals surface area (Å²) in [6.45, 7) is 2.73. The van der Waals surface area contributed by atoms with Gasteiger partial charge in [0.2, 0.25) is 0 Å². The molecule has 5 N–H and O–H groups in total. The predicted octanol–water partition coefficient (Wildman–Crippen LogP) is 1.42. The number of carboxylic acids is 1. The van der Waals surface area contributed by atoms with E-state index in [9.17, 15) is 14.3 Å². The van der Waals surface area contributed by atoms with Gasteiger partial charge in [-0.05, 0) is 18.6 Å². The fourth-order valence-corrected chi connectivity index (χ4v) is 2.77. The van der Waals surface area contributed by atoms with Crippen LogP contribution in [-0.2, 0) is 4.79 Å². The van der Waals surface area contributed by atoms with Gasteiger partial charge in [0, 0.05) is 19.3 Å². The summed E-state index contributed by atoms with van der Waals surface area (Å²) in [5.41, 5.74) is 4.60. The number of halogens is 1. The smallest absolute Gasteiger partial charge is 0.340 e. The van der Waals surface area contributed by atoms with E-state index in [1.807, 2.05) is 6.92 Å². The highest BCUT2D eigenvalue weighted by molar-refractivity contribution is 6.10. The number of aliphatic hydroxyl groups excluding tert-OH is 1. The number of fused-ring (bicyclic) bond motifs is 1. The molecule has 0 radical (unpaired) electrons. The average molecular weight is 309 g/mol. The van der Waals surface area contributed by atoms with E-state index in [4.69, 9.17) is 10.8 Å². The molecule has 22 heavy (non-hydrogen) atoms. The summed E-state index contributed by atoms with van der Waals surface area (Å²) < 4.78 is 14.7. The molecule has 0 aromatic carbocycles. The SMILES string of the molecule is CCCC1(NCCN)C=C2N=CC(C(=O)O)=C(O)C2C=C1F. The zero-order valence-electron chi connectivity index (χ0n) is 12.3. The molecule has 2 aliphatic rings. The van der Waals surface area contributed by atoms with Crippen LogP contribution in [0.3, 0.4) is 0 Å². The quantitative estimate of drug-likeness (QED) is 0.593. The molecule has 0 aromatic heterocycles. The Morgan fingerprint density at radius 3 is 2.91 bits per heavy atom. The number of carbonyl (C=O) groups is 1. The maximum atomic E-state index is 14.7. The van der Waals surface area contributed by atoms with Crippen molar-refractivity contribution in [3.63, 3.8) is 0 Å². The van der Waals surface area contributed by atoms with Crippen LogP contribution in [0.4, 0.5) is 4.39 Å². The lowest BCUT2D eigenvalue weighted by Crippen LogP contribution is -2.48. The molecule has 0 spiro atoms. The van der Waals surface area contributed by atoms with Crippen molar-refractivity contribution in [3.8, 4) is 0 Å². The Morgan fingerprint density at radius 2 is 2.32 bits per heavy atom. The van der Waals surface area contributed by atoms with Crippen LogP contribution in [0, 0.1) is 5.92 Å². The van der Waals surface area contributed by atoms with Crippen LogP contribution in [0.15, 0.2) is 40.0 Å². The van der Waals surface area contributed by atoms with Crippen molar-refractivity contribution in [1.29, 1.82) is 0 Å². The van der Waals surface area contributed by atoms with Crippen molar-refractivity contribution in [2.24, 2.45) is 16.6 Å². The van der Waals surface area contributed by atoms with E-state index in [0.29, 0.717) is 25.2 Å². The van der Waals surface area contributed by atoms with Crippen molar-refractivity contribution < 1.29 is 19.4 Å². The van der Waals surface area contributed by atoms with Gasteiger partial charge in [0.1, 0.15) is 17.2 Å². The highest BCUT2D eigenvalue weighted by atomic mass is 19.1. The predicted molar refractivity (Wildman–Crippen MR) is 81.2 cm³/mol. The van der Waals surface area contributed by atoms with Gasteiger partial charge in [0.25, 0.3) is 0 Å². The van der Waals surface area contributed by atoms with E-state index >= 15 is 0 Å². The molecule has 0 fully saturated rings.